The minimum Gasteiger partial charge on any atom is -0.297 e. The third-order valence-electron chi connectivity index (χ3n) is 5.50. The lowest BCUT2D eigenvalue weighted by atomic mass is 10.1. The van der Waals surface area contributed by atoms with Crippen molar-refractivity contribution < 1.29 is 30.4 Å². The van der Waals surface area contributed by atoms with Crippen LogP contribution in [0.4, 0.5) is 19.7 Å². The van der Waals surface area contributed by atoms with Gasteiger partial charge >= 0.3 is 0 Å². The molecular formula is C24H22F2N4O5S3. The number of Topliss-reactive ketones (excluding diaryl/α,β-unsaturated/α-hetero) is 1. The fourth-order valence-electron chi connectivity index (χ4n) is 3.77. The number of aromatic amines is 1. The van der Waals surface area contributed by atoms with E-state index >= 15 is 0 Å². The summed E-state index contributed by atoms with van der Waals surface area (Å²) < 4.78 is 75.6. The number of ketones is 1. The summed E-state index contributed by atoms with van der Waals surface area (Å²) in [5, 5.41) is 7.18. The van der Waals surface area contributed by atoms with E-state index in [1.165, 1.54) is 18.2 Å². The number of rotatable bonds is 9. The van der Waals surface area contributed by atoms with Crippen LogP contribution >= 0.6 is 11.3 Å². The summed E-state index contributed by atoms with van der Waals surface area (Å²) in [6, 6.07) is 8.97. The van der Waals surface area contributed by atoms with Gasteiger partial charge in [-0.25, -0.2) is 30.6 Å². The molecule has 0 spiro atoms. The maximum absolute atomic E-state index is 14.5. The van der Waals surface area contributed by atoms with Crippen LogP contribution in [0.15, 0.2) is 58.5 Å². The molecule has 0 saturated heterocycles. The lowest BCUT2D eigenvalue weighted by molar-refractivity contribution is -0.117. The zero-order valence-electron chi connectivity index (χ0n) is 20.4. The van der Waals surface area contributed by atoms with Gasteiger partial charge in [-0.1, -0.05) is 23.5 Å². The minimum atomic E-state index is -3.74. The summed E-state index contributed by atoms with van der Waals surface area (Å²) in [5.41, 5.74) is 1.26. The number of hydrogen-bond donors (Lipinski definition) is 1. The average Bonchev–Trinajstić information content (AvgIpc) is 3.46. The predicted molar refractivity (Wildman–Crippen MR) is 139 cm³/mol. The van der Waals surface area contributed by atoms with Crippen LogP contribution in [0.2, 0.25) is 0 Å². The number of sulfone groups is 2. The van der Waals surface area contributed by atoms with Crippen molar-refractivity contribution in [2.45, 2.75) is 23.1 Å². The number of nitrogens with one attached hydrogen (secondary N) is 1. The minimum absolute atomic E-state index is 0.169. The third kappa shape index (κ3) is 5.97. The van der Waals surface area contributed by atoms with E-state index in [2.05, 4.69) is 15.2 Å². The molecule has 0 radical (unpaired) electrons. The van der Waals surface area contributed by atoms with Crippen LogP contribution in [0.25, 0.3) is 10.4 Å². The molecule has 0 unspecified atom stereocenters. The summed E-state index contributed by atoms with van der Waals surface area (Å²) in [6.07, 6.45) is 3.22. The lowest BCUT2D eigenvalue weighted by Gasteiger charge is -2.18. The first-order valence-corrected chi connectivity index (χ1v) is 15.6. The Labute approximate surface area is 222 Å². The Morgan fingerprint density at radius 3 is 2.16 bits per heavy atom. The fraction of sp³-hybridized carbons (Fsp3) is 0.208. The van der Waals surface area contributed by atoms with Gasteiger partial charge in [0.1, 0.15) is 21.4 Å². The Hall–Kier alpha value is -3.49. The second kappa shape index (κ2) is 10.3. The first-order chi connectivity index (χ1) is 17.7. The van der Waals surface area contributed by atoms with Crippen molar-refractivity contribution in [2.75, 3.05) is 24.0 Å². The van der Waals surface area contributed by atoms with Gasteiger partial charge in [-0.15, -0.1) is 0 Å². The highest BCUT2D eigenvalue weighted by molar-refractivity contribution is 7.91. The van der Waals surface area contributed by atoms with Crippen LogP contribution in [0.3, 0.4) is 0 Å². The number of carbonyl (C=O) groups excluding carboxylic acids is 1. The van der Waals surface area contributed by atoms with E-state index in [0.29, 0.717) is 32.6 Å². The molecule has 4 rings (SSSR count). The normalized spacial score (nSPS) is 12.0. The molecule has 2 heterocycles. The first-order valence-electron chi connectivity index (χ1n) is 11.0. The zero-order chi connectivity index (χ0) is 27.8. The van der Waals surface area contributed by atoms with Crippen LogP contribution in [0.1, 0.15) is 11.3 Å². The average molecular weight is 581 g/mol. The molecule has 2 aromatic carbocycles. The number of aryl methyl sites for hydroxylation is 1. The van der Waals surface area contributed by atoms with Gasteiger partial charge in [0.2, 0.25) is 0 Å². The largest absolute Gasteiger partial charge is 0.297 e. The molecule has 0 aliphatic rings. The van der Waals surface area contributed by atoms with E-state index in [1.807, 2.05) is 0 Å². The Morgan fingerprint density at radius 2 is 1.61 bits per heavy atom. The maximum Gasteiger partial charge on any atom is 0.192 e. The van der Waals surface area contributed by atoms with Crippen LogP contribution in [0.5, 0.6) is 0 Å². The topological polar surface area (TPSA) is 130 Å². The first kappa shape index (κ1) is 27.5. The number of anilines is 2. The second-order valence-corrected chi connectivity index (χ2v) is 13.5. The van der Waals surface area contributed by atoms with Crippen LogP contribution in [-0.4, -0.2) is 56.9 Å². The van der Waals surface area contributed by atoms with E-state index in [-0.39, 0.29) is 18.7 Å². The molecule has 4 aromatic rings. The van der Waals surface area contributed by atoms with Crippen molar-refractivity contribution in [1.29, 1.82) is 0 Å². The van der Waals surface area contributed by atoms with Gasteiger partial charge in [0.15, 0.2) is 36.4 Å². The zero-order valence-corrected chi connectivity index (χ0v) is 22.8. The Kier molecular flexibility index (Phi) is 7.50. The summed E-state index contributed by atoms with van der Waals surface area (Å²) in [7, 11) is -7.47. The van der Waals surface area contributed by atoms with E-state index in [9.17, 15) is 30.4 Å². The molecule has 0 amide bonds. The highest BCUT2D eigenvalue weighted by atomic mass is 32.2. The van der Waals surface area contributed by atoms with E-state index in [4.69, 9.17) is 0 Å². The van der Waals surface area contributed by atoms with E-state index < -0.39 is 41.1 Å². The van der Waals surface area contributed by atoms with Gasteiger partial charge in [0, 0.05) is 31.2 Å². The number of nitrogens with zero attached hydrogens (tertiary/aromatic N) is 3. The SMILES string of the molecule is Cc1nc(N(CC(=O)Cc2ccc(S(C)(=O)=O)c(F)c2)c2cc[nH]n2)sc1-c1ccc(S(C)(=O)=O)c(F)c1. The highest BCUT2D eigenvalue weighted by Gasteiger charge is 2.23. The van der Waals surface area contributed by atoms with Gasteiger partial charge < -0.3 is 0 Å². The molecule has 0 aliphatic carbocycles. The number of carbonyl (C=O) groups is 1. The van der Waals surface area contributed by atoms with Crippen LogP contribution in [0, 0.1) is 18.6 Å². The third-order valence-corrected chi connectivity index (χ3v) is 8.99. The molecule has 0 saturated carbocycles. The van der Waals surface area contributed by atoms with Crippen LogP contribution in [-0.2, 0) is 30.9 Å². The number of aromatic nitrogens is 3. The molecule has 0 atom stereocenters. The van der Waals surface area contributed by atoms with Gasteiger partial charge in [-0.3, -0.25) is 14.8 Å². The summed E-state index contributed by atoms with van der Waals surface area (Å²) in [5.74, 6) is -1.75. The molecule has 1 N–H and O–H groups in total. The van der Waals surface area contributed by atoms with Crippen molar-refractivity contribution in [2.24, 2.45) is 0 Å². The summed E-state index contributed by atoms with van der Waals surface area (Å²) in [4.78, 5) is 18.8. The van der Waals surface area contributed by atoms with Crippen molar-refractivity contribution in [3.05, 3.63) is 71.6 Å². The van der Waals surface area contributed by atoms with Crippen LogP contribution < -0.4 is 4.90 Å². The maximum atomic E-state index is 14.5. The number of hydrogen-bond acceptors (Lipinski definition) is 9. The number of benzene rings is 2. The molecule has 38 heavy (non-hydrogen) atoms. The lowest BCUT2D eigenvalue weighted by Crippen LogP contribution is -2.26. The van der Waals surface area contributed by atoms with E-state index in [1.54, 1.807) is 24.1 Å². The van der Waals surface area contributed by atoms with Crippen molar-refractivity contribution >= 4 is 47.7 Å². The molecule has 2 aromatic heterocycles. The van der Waals surface area contributed by atoms with Crippen molar-refractivity contribution in [3.63, 3.8) is 0 Å². The molecular weight excluding hydrogens is 558 g/mol. The smallest absolute Gasteiger partial charge is 0.192 e. The molecule has 0 fully saturated rings. The fourth-order valence-corrected chi connectivity index (χ4v) is 6.30. The van der Waals surface area contributed by atoms with Crippen molar-refractivity contribution in [1.82, 2.24) is 15.2 Å². The quantitative estimate of drug-likeness (QED) is 0.316. The second-order valence-electron chi connectivity index (χ2n) is 8.60. The molecule has 200 valence electrons. The molecule has 0 bridgehead atoms. The highest BCUT2D eigenvalue weighted by Crippen LogP contribution is 2.37. The van der Waals surface area contributed by atoms with Gasteiger partial charge in [0.05, 0.1) is 17.1 Å². The number of H-pyrrole nitrogens is 1. The molecule has 0 aliphatic heterocycles. The van der Waals surface area contributed by atoms with Crippen molar-refractivity contribution in [3.8, 4) is 10.4 Å². The number of thiazole rings is 1. The Morgan fingerprint density at radius 1 is 0.974 bits per heavy atom. The van der Waals surface area contributed by atoms with Gasteiger partial charge in [-0.2, -0.15) is 5.10 Å². The summed E-state index contributed by atoms with van der Waals surface area (Å²) in [6.45, 7) is 1.52. The molecule has 14 heteroatoms. The molecule has 9 nitrogen and oxygen atoms in total. The van der Waals surface area contributed by atoms with Gasteiger partial charge in [-0.05, 0) is 42.3 Å². The van der Waals surface area contributed by atoms with Gasteiger partial charge in [0.25, 0.3) is 0 Å². The number of halogens is 2. The monoisotopic (exact) mass is 580 g/mol. The predicted octanol–water partition coefficient (Wildman–Crippen LogP) is 3.88. The Bertz CT molecular complexity index is 1730. The summed E-state index contributed by atoms with van der Waals surface area (Å²) >= 11 is 1.16. The Balaban J connectivity index is 1.62. The van der Waals surface area contributed by atoms with E-state index in [0.717, 1.165) is 42.0 Å². The standard InChI is InChI=1S/C24H22F2N4O5S3/c1-14-23(16-5-7-21(19(26)12-16)38(3,34)35)36-24(28-14)30(22-8-9-27-29-22)13-17(31)10-15-4-6-20(18(25)11-15)37(2,32)33/h4-9,11-12H,10,13H2,1-3H3,(H,27,29).